The lowest BCUT2D eigenvalue weighted by Crippen LogP contribution is -2.37. The van der Waals surface area contributed by atoms with E-state index < -0.39 is 10.0 Å². The molecular weight excluding hydrogens is 278 g/mol. The van der Waals surface area contributed by atoms with E-state index in [2.05, 4.69) is 9.71 Å². The number of sulfonamides is 1. The van der Waals surface area contributed by atoms with Gasteiger partial charge in [0.1, 0.15) is 5.15 Å². The van der Waals surface area contributed by atoms with E-state index in [1.807, 2.05) is 0 Å². The van der Waals surface area contributed by atoms with Crippen molar-refractivity contribution < 1.29 is 13.2 Å². The number of carbonyl (C=O) groups is 1. The number of nitrogens with zero attached hydrogens (tertiary/aromatic N) is 2. The summed E-state index contributed by atoms with van der Waals surface area (Å²) in [6.07, 6.45) is 1.29. The third kappa shape index (κ3) is 3.94. The van der Waals surface area contributed by atoms with Crippen LogP contribution < -0.4 is 4.72 Å². The standard InChI is InChI=1S/C10H14ClN3O3S/c1-3-14(2)10(15)7-13-18(16,17)8-4-5-12-9(11)6-8/h4-6,13H,3,7H2,1-2H3. The van der Waals surface area contributed by atoms with Gasteiger partial charge < -0.3 is 4.90 Å². The van der Waals surface area contributed by atoms with E-state index in [0.29, 0.717) is 6.54 Å². The number of amides is 1. The molecule has 0 unspecified atom stereocenters. The highest BCUT2D eigenvalue weighted by molar-refractivity contribution is 7.89. The lowest BCUT2D eigenvalue weighted by atomic mass is 10.5. The summed E-state index contributed by atoms with van der Waals surface area (Å²) in [4.78, 5) is 16.6. The van der Waals surface area contributed by atoms with Gasteiger partial charge in [-0.1, -0.05) is 11.6 Å². The van der Waals surface area contributed by atoms with Crippen LogP contribution in [0.15, 0.2) is 23.2 Å². The Hall–Kier alpha value is -1.18. The van der Waals surface area contributed by atoms with Gasteiger partial charge in [-0.2, -0.15) is 0 Å². The molecule has 18 heavy (non-hydrogen) atoms. The molecule has 6 nitrogen and oxygen atoms in total. The van der Waals surface area contributed by atoms with Crippen LogP contribution in [-0.4, -0.2) is 44.3 Å². The molecule has 0 aliphatic heterocycles. The molecule has 1 rings (SSSR count). The molecule has 1 heterocycles. The first-order chi connectivity index (χ1) is 8.36. The molecule has 0 aromatic carbocycles. The van der Waals surface area contributed by atoms with Crippen LogP contribution in [0.5, 0.6) is 0 Å². The molecule has 0 aliphatic rings. The van der Waals surface area contributed by atoms with E-state index in [-0.39, 0.29) is 22.5 Å². The molecule has 0 fully saturated rings. The third-order valence-corrected chi connectivity index (χ3v) is 3.93. The van der Waals surface area contributed by atoms with Crippen LogP contribution in [-0.2, 0) is 14.8 Å². The van der Waals surface area contributed by atoms with Crippen LogP contribution in [0.1, 0.15) is 6.92 Å². The van der Waals surface area contributed by atoms with Crippen molar-refractivity contribution in [3.63, 3.8) is 0 Å². The van der Waals surface area contributed by atoms with Crippen molar-refractivity contribution in [2.45, 2.75) is 11.8 Å². The van der Waals surface area contributed by atoms with E-state index >= 15 is 0 Å². The Bertz CT molecular complexity index is 533. The molecule has 1 amide bonds. The first-order valence-electron chi connectivity index (χ1n) is 5.22. The van der Waals surface area contributed by atoms with E-state index in [4.69, 9.17) is 11.6 Å². The maximum atomic E-state index is 11.8. The van der Waals surface area contributed by atoms with Gasteiger partial charge in [-0.3, -0.25) is 4.79 Å². The van der Waals surface area contributed by atoms with E-state index in [1.165, 1.54) is 23.2 Å². The number of aromatic nitrogens is 1. The zero-order valence-electron chi connectivity index (χ0n) is 10.1. The predicted octanol–water partition coefficient (Wildman–Crippen LogP) is 0.492. The minimum absolute atomic E-state index is 0.0190. The second-order valence-corrected chi connectivity index (χ2v) is 5.70. The second-order valence-electron chi connectivity index (χ2n) is 3.55. The van der Waals surface area contributed by atoms with Gasteiger partial charge in [0.05, 0.1) is 11.4 Å². The van der Waals surface area contributed by atoms with Gasteiger partial charge in [0.2, 0.25) is 15.9 Å². The zero-order valence-corrected chi connectivity index (χ0v) is 11.6. The molecule has 1 aromatic rings. The number of hydrogen-bond donors (Lipinski definition) is 1. The molecule has 0 radical (unpaired) electrons. The highest BCUT2D eigenvalue weighted by Crippen LogP contribution is 2.12. The summed E-state index contributed by atoms with van der Waals surface area (Å²) >= 11 is 5.61. The second kappa shape index (κ2) is 6.12. The van der Waals surface area contributed by atoms with Gasteiger partial charge in [-0.15, -0.1) is 0 Å². The summed E-state index contributed by atoms with van der Waals surface area (Å²) in [7, 11) is -2.14. The SMILES string of the molecule is CCN(C)C(=O)CNS(=O)(=O)c1ccnc(Cl)c1. The van der Waals surface area contributed by atoms with Crippen LogP contribution in [0.2, 0.25) is 5.15 Å². The van der Waals surface area contributed by atoms with E-state index in [0.717, 1.165) is 0 Å². The van der Waals surface area contributed by atoms with Crippen LogP contribution in [0.25, 0.3) is 0 Å². The maximum absolute atomic E-state index is 11.8. The predicted molar refractivity (Wildman–Crippen MR) is 67.7 cm³/mol. The van der Waals surface area contributed by atoms with E-state index in [9.17, 15) is 13.2 Å². The normalized spacial score (nSPS) is 11.3. The molecule has 0 saturated heterocycles. The molecule has 100 valence electrons. The van der Waals surface area contributed by atoms with Crippen LogP contribution in [0.3, 0.4) is 0 Å². The van der Waals surface area contributed by atoms with Crippen molar-refractivity contribution in [2.75, 3.05) is 20.1 Å². The highest BCUT2D eigenvalue weighted by atomic mass is 35.5. The zero-order chi connectivity index (χ0) is 13.8. The summed E-state index contributed by atoms with van der Waals surface area (Å²) in [5.74, 6) is -0.304. The molecule has 0 saturated carbocycles. The fourth-order valence-corrected chi connectivity index (χ4v) is 2.33. The number of pyridine rings is 1. The van der Waals surface area contributed by atoms with Crippen LogP contribution in [0.4, 0.5) is 0 Å². The molecule has 0 bridgehead atoms. The van der Waals surface area contributed by atoms with Crippen molar-refractivity contribution in [1.82, 2.24) is 14.6 Å². The first-order valence-corrected chi connectivity index (χ1v) is 7.08. The van der Waals surface area contributed by atoms with Gasteiger partial charge >= 0.3 is 0 Å². The van der Waals surface area contributed by atoms with Crippen molar-refractivity contribution >= 4 is 27.5 Å². The Morgan fingerprint density at radius 3 is 2.78 bits per heavy atom. The molecule has 0 atom stereocenters. The smallest absolute Gasteiger partial charge is 0.241 e. The number of nitrogens with one attached hydrogen (secondary N) is 1. The maximum Gasteiger partial charge on any atom is 0.241 e. The monoisotopic (exact) mass is 291 g/mol. The molecule has 1 N–H and O–H groups in total. The van der Waals surface area contributed by atoms with Crippen LogP contribution in [0, 0.1) is 0 Å². The van der Waals surface area contributed by atoms with Gasteiger partial charge in [0.15, 0.2) is 0 Å². The summed E-state index contributed by atoms with van der Waals surface area (Å²) in [5.41, 5.74) is 0. The Labute approximate surface area is 111 Å². The lowest BCUT2D eigenvalue weighted by molar-refractivity contribution is -0.128. The van der Waals surface area contributed by atoms with Crippen molar-refractivity contribution in [3.8, 4) is 0 Å². The largest absolute Gasteiger partial charge is 0.345 e. The fraction of sp³-hybridized carbons (Fsp3) is 0.400. The van der Waals surface area contributed by atoms with Crippen LogP contribution >= 0.6 is 11.6 Å². The van der Waals surface area contributed by atoms with Crippen molar-refractivity contribution in [1.29, 1.82) is 0 Å². The number of halogens is 1. The molecule has 8 heteroatoms. The summed E-state index contributed by atoms with van der Waals surface area (Å²) in [6, 6.07) is 2.53. The van der Waals surface area contributed by atoms with Gasteiger partial charge in [-0.25, -0.2) is 18.1 Å². The Morgan fingerprint density at radius 2 is 2.22 bits per heavy atom. The average molecular weight is 292 g/mol. The number of likely N-dealkylation sites (N-methyl/N-ethyl adjacent to an activating group) is 1. The summed E-state index contributed by atoms with van der Waals surface area (Å²) in [6.45, 7) is 2.03. The lowest BCUT2D eigenvalue weighted by Gasteiger charge is -2.14. The number of hydrogen-bond acceptors (Lipinski definition) is 4. The molecular formula is C10H14ClN3O3S. The quantitative estimate of drug-likeness (QED) is 0.801. The minimum atomic E-state index is -3.74. The third-order valence-electron chi connectivity index (χ3n) is 2.32. The topological polar surface area (TPSA) is 79.4 Å². The molecule has 0 spiro atoms. The molecule has 0 aliphatic carbocycles. The summed E-state index contributed by atoms with van der Waals surface area (Å²) < 4.78 is 25.9. The highest BCUT2D eigenvalue weighted by Gasteiger charge is 2.17. The van der Waals surface area contributed by atoms with Gasteiger partial charge in [-0.05, 0) is 19.1 Å². The van der Waals surface area contributed by atoms with Gasteiger partial charge in [0, 0.05) is 19.8 Å². The number of rotatable bonds is 5. The molecule has 1 aromatic heterocycles. The van der Waals surface area contributed by atoms with E-state index in [1.54, 1.807) is 14.0 Å². The Kier molecular flexibility index (Phi) is 5.06. The van der Waals surface area contributed by atoms with Crippen molar-refractivity contribution in [3.05, 3.63) is 23.5 Å². The Balaban J connectivity index is 2.75. The Morgan fingerprint density at radius 1 is 1.56 bits per heavy atom. The van der Waals surface area contributed by atoms with Gasteiger partial charge in [0.25, 0.3) is 0 Å². The summed E-state index contributed by atoms with van der Waals surface area (Å²) in [5, 5.41) is 0.0786. The number of carbonyl (C=O) groups excluding carboxylic acids is 1. The van der Waals surface area contributed by atoms with Crippen molar-refractivity contribution in [2.24, 2.45) is 0 Å². The fourth-order valence-electron chi connectivity index (χ4n) is 1.10. The first kappa shape index (κ1) is 14.9. The minimum Gasteiger partial charge on any atom is -0.345 e. The average Bonchev–Trinajstić information content (AvgIpc) is 2.35.